The van der Waals surface area contributed by atoms with Crippen molar-refractivity contribution in [2.45, 2.75) is 11.4 Å². The minimum atomic E-state index is -3.74. The molecule has 1 aromatic carbocycles. The van der Waals surface area contributed by atoms with E-state index in [0.29, 0.717) is 5.82 Å². The van der Waals surface area contributed by atoms with E-state index in [-0.39, 0.29) is 17.1 Å². The quantitative estimate of drug-likeness (QED) is 0.805. The molecule has 0 unspecified atom stereocenters. The molecule has 6 nitrogen and oxygen atoms in total. The standard InChI is InChI=1S/C11H13FN4O2S/c1-16-5-4-14-11(16)7-15-19(17,18)8-2-3-9(12)10(13)6-8/h2-6,15H,7,13H2,1H3. The van der Waals surface area contributed by atoms with Crippen molar-refractivity contribution in [1.29, 1.82) is 0 Å². The molecule has 0 atom stereocenters. The van der Waals surface area contributed by atoms with Crippen LogP contribution in [0.3, 0.4) is 0 Å². The van der Waals surface area contributed by atoms with E-state index in [0.717, 1.165) is 18.2 Å². The van der Waals surface area contributed by atoms with Crippen LogP contribution in [-0.2, 0) is 23.6 Å². The molecule has 1 aromatic heterocycles. The number of nitrogen functional groups attached to an aromatic ring is 1. The molecule has 0 fully saturated rings. The summed E-state index contributed by atoms with van der Waals surface area (Å²) in [7, 11) is -1.99. The van der Waals surface area contributed by atoms with Gasteiger partial charge in [0.05, 0.1) is 17.1 Å². The van der Waals surface area contributed by atoms with Gasteiger partial charge in [0.15, 0.2) is 0 Å². The molecule has 0 spiro atoms. The number of benzene rings is 1. The van der Waals surface area contributed by atoms with Gasteiger partial charge in [0.25, 0.3) is 0 Å². The van der Waals surface area contributed by atoms with Crippen molar-refractivity contribution in [2.75, 3.05) is 5.73 Å². The van der Waals surface area contributed by atoms with Crippen LogP contribution in [0.15, 0.2) is 35.5 Å². The third-order valence-corrected chi connectivity index (χ3v) is 4.02. The summed E-state index contributed by atoms with van der Waals surface area (Å²) in [6.45, 7) is 0.0448. The summed E-state index contributed by atoms with van der Waals surface area (Å²) in [5, 5.41) is 0. The monoisotopic (exact) mass is 284 g/mol. The Kier molecular flexibility index (Phi) is 3.54. The molecule has 0 saturated carbocycles. The van der Waals surface area contributed by atoms with Gasteiger partial charge in [-0.3, -0.25) is 0 Å². The van der Waals surface area contributed by atoms with Crippen LogP contribution in [0.4, 0.5) is 10.1 Å². The number of anilines is 1. The molecule has 0 aliphatic carbocycles. The van der Waals surface area contributed by atoms with Crippen molar-refractivity contribution in [3.8, 4) is 0 Å². The second kappa shape index (κ2) is 4.98. The average molecular weight is 284 g/mol. The fraction of sp³-hybridized carbons (Fsp3) is 0.182. The first-order chi connectivity index (χ1) is 8.90. The van der Waals surface area contributed by atoms with E-state index in [1.165, 1.54) is 0 Å². The first-order valence-electron chi connectivity index (χ1n) is 5.41. The summed E-state index contributed by atoms with van der Waals surface area (Å²) >= 11 is 0. The van der Waals surface area contributed by atoms with Crippen molar-refractivity contribution in [1.82, 2.24) is 14.3 Å². The summed E-state index contributed by atoms with van der Waals surface area (Å²) in [5.74, 6) is -0.0818. The molecule has 1 heterocycles. The number of nitrogens with zero attached hydrogens (tertiary/aromatic N) is 2. The lowest BCUT2D eigenvalue weighted by Gasteiger charge is -2.07. The van der Waals surface area contributed by atoms with Gasteiger partial charge in [-0.2, -0.15) is 0 Å². The van der Waals surface area contributed by atoms with E-state index in [9.17, 15) is 12.8 Å². The predicted molar refractivity (Wildman–Crippen MR) is 68.0 cm³/mol. The number of hydrogen-bond donors (Lipinski definition) is 2. The van der Waals surface area contributed by atoms with Gasteiger partial charge in [-0.05, 0) is 18.2 Å². The molecule has 2 rings (SSSR count). The van der Waals surface area contributed by atoms with Crippen LogP contribution in [0.2, 0.25) is 0 Å². The molecule has 0 saturated heterocycles. The molecule has 8 heteroatoms. The van der Waals surface area contributed by atoms with Crippen LogP contribution in [-0.4, -0.2) is 18.0 Å². The van der Waals surface area contributed by atoms with Crippen LogP contribution in [0.5, 0.6) is 0 Å². The SMILES string of the molecule is Cn1ccnc1CNS(=O)(=O)c1ccc(F)c(N)c1. The maximum atomic E-state index is 13.0. The number of nitrogens with one attached hydrogen (secondary N) is 1. The maximum absolute atomic E-state index is 13.0. The summed E-state index contributed by atoms with van der Waals surface area (Å²) in [6.07, 6.45) is 3.28. The van der Waals surface area contributed by atoms with Gasteiger partial charge in [0, 0.05) is 19.4 Å². The average Bonchev–Trinajstić information content (AvgIpc) is 2.76. The lowest BCUT2D eigenvalue weighted by Crippen LogP contribution is -2.24. The van der Waals surface area contributed by atoms with Crippen molar-refractivity contribution in [2.24, 2.45) is 7.05 Å². The Morgan fingerprint density at radius 1 is 1.47 bits per heavy atom. The number of sulfonamides is 1. The molecule has 0 amide bonds. The summed E-state index contributed by atoms with van der Waals surface area (Å²) in [6, 6.07) is 3.26. The molecular weight excluding hydrogens is 271 g/mol. The second-order valence-electron chi connectivity index (χ2n) is 3.96. The molecule has 0 aliphatic heterocycles. The highest BCUT2D eigenvalue weighted by molar-refractivity contribution is 7.89. The van der Waals surface area contributed by atoms with Gasteiger partial charge >= 0.3 is 0 Å². The second-order valence-corrected chi connectivity index (χ2v) is 5.73. The lowest BCUT2D eigenvalue weighted by atomic mass is 10.3. The minimum Gasteiger partial charge on any atom is -0.396 e. The molecular formula is C11H13FN4O2S. The van der Waals surface area contributed by atoms with E-state index >= 15 is 0 Å². The molecule has 3 N–H and O–H groups in total. The van der Waals surface area contributed by atoms with Crippen LogP contribution >= 0.6 is 0 Å². The Labute approximate surface area is 110 Å². The third-order valence-electron chi connectivity index (χ3n) is 2.62. The van der Waals surface area contributed by atoms with Gasteiger partial charge in [-0.1, -0.05) is 0 Å². The topological polar surface area (TPSA) is 90.0 Å². The lowest BCUT2D eigenvalue weighted by molar-refractivity contribution is 0.577. The molecule has 0 bridgehead atoms. The molecule has 102 valence electrons. The number of halogens is 1. The van der Waals surface area contributed by atoms with Gasteiger partial charge in [0.2, 0.25) is 10.0 Å². The zero-order valence-corrected chi connectivity index (χ0v) is 11.0. The van der Waals surface area contributed by atoms with Gasteiger partial charge < -0.3 is 10.3 Å². The Morgan fingerprint density at radius 2 is 2.21 bits per heavy atom. The smallest absolute Gasteiger partial charge is 0.241 e. The number of aryl methyl sites for hydroxylation is 1. The van der Waals surface area contributed by atoms with Crippen LogP contribution in [0.1, 0.15) is 5.82 Å². The molecule has 19 heavy (non-hydrogen) atoms. The number of imidazole rings is 1. The summed E-state index contributed by atoms with van der Waals surface area (Å²) in [4.78, 5) is 3.91. The zero-order valence-electron chi connectivity index (χ0n) is 10.2. The van der Waals surface area contributed by atoms with Crippen molar-refractivity contribution in [3.05, 3.63) is 42.2 Å². The molecule has 2 aromatic rings. The van der Waals surface area contributed by atoms with Gasteiger partial charge in [-0.15, -0.1) is 0 Å². The first kappa shape index (κ1) is 13.5. The zero-order chi connectivity index (χ0) is 14.0. The van der Waals surface area contributed by atoms with Crippen molar-refractivity contribution >= 4 is 15.7 Å². The first-order valence-corrected chi connectivity index (χ1v) is 6.89. The van der Waals surface area contributed by atoms with E-state index in [4.69, 9.17) is 5.73 Å². The van der Waals surface area contributed by atoms with E-state index < -0.39 is 15.8 Å². The summed E-state index contributed by atoms with van der Waals surface area (Å²) < 4.78 is 41.0. The highest BCUT2D eigenvalue weighted by Gasteiger charge is 2.16. The molecule has 0 radical (unpaired) electrons. The van der Waals surface area contributed by atoms with E-state index in [2.05, 4.69) is 9.71 Å². The highest BCUT2D eigenvalue weighted by Crippen LogP contribution is 2.16. The molecule has 0 aliphatic rings. The Hall–Kier alpha value is -1.93. The summed E-state index contributed by atoms with van der Waals surface area (Å²) in [5.41, 5.74) is 5.14. The van der Waals surface area contributed by atoms with Crippen molar-refractivity contribution in [3.63, 3.8) is 0 Å². The highest BCUT2D eigenvalue weighted by atomic mass is 32.2. The maximum Gasteiger partial charge on any atom is 0.241 e. The number of nitrogens with two attached hydrogens (primary N) is 1. The van der Waals surface area contributed by atoms with Crippen LogP contribution in [0, 0.1) is 5.82 Å². The van der Waals surface area contributed by atoms with Gasteiger partial charge in [0.1, 0.15) is 11.6 Å². The van der Waals surface area contributed by atoms with Crippen LogP contribution < -0.4 is 10.5 Å². The number of aromatic nitrogens is 2. The normalized spacial score (nSPS) is 11.7. The van der Waals surface area contributed by atoms with Crippen LogP contribution in [0.25, 0.3) is 0 Å². The largest absolute Gasteiger partial charge is 0.396 e. The predicted octanol–water partition coefficient (Wildman–Crippen LogP) is 0.620. The Morgan fingerprint density at radius 3 is 2.79 bits per heavy atom. The van der Waals surface area contributed by atoms with E-state index in [1.807, 2.05) is 0 Å². The Bertz CT molecular complexity index is 696. The Balaban J connectivity index is 2.18. The fourth-order valence-corrected chi connectivity index (χ4v) is 2.51. The van der Waals surface area contributed by atoms with E-state index in [1.54, 1.807) is 24.0 Å². The fourth-order valence-electron chi connectivity index (χ4n) is 1.50. The minimum absolute atomic E-state index is 0.0448. The van der Waals surface area contributed by atoms with Crippen molar-refractivity contribution < 1.29 is 12.8 Å². The third kappa shape index (κ3) is 2.91. The number of hydrogen-bond acceptors (Lipinski definition) is 4. The number of rotatable bonds is 4. The van der Waals surface area contributed by atoms with Gasteiger partial charge in [-0.25, -0.2) is 22.5 Å².